The number of rotatable bonds is 4. The van der Waals surface area contributed by atoms with Gasteiger partial charge in [0.2, 0.25) is 5.91 Å². The summed E-state index contributed by atoms with van der Waals surface area (Å²) < 4.78 is 0. The monoisotopic (exact) mass is 450 g/mol. The maximum absolute atomic E-state index is 12.4. The van der Waals surface area contributed by atoms with E-state index in [4.69, 9.17) is 10.7 Å². The highest BCUT2D eigenvalue weighted by Gasteiger charge is 2.37. The Morgan fingerprint density at radius 3 is 2.27 bits per heavy atom. The summed E-state index contributed by atoms with van der Waals surface area (Å²) in [4.78, 5) is 21.4. The lowest BCUT2D eigenvalue weighted by molar-refractivity contribution is -0.135. The van der Waals surface area contributed by atoms with Crippen molar-refractivity contribution in [3.8, 4) is 11.3 Å². The van der Waals surface area contributed by atoms with Crippen molar-refractivity contribution < 1.29 is 9.90 Å². The number of carbonyl (C=O) groups is 1. The second-order valence-electron chi connectivity index (χ2n) is 11.0. The van der Waals surface area contributed by atoms with Gasteiger partial charge in [0.05, 0.1) is 11.8 Å². The quantitative estimate of drug-likeness (QED) is 0.746. The first-order chi connectivity index (χ1) is 15.5. The molecule has 33 heavy (non-hydrogen) atoms. The molecule has 2 unspecified atom stereocenters. The summed E-state index contributed by atoms with van der Waals surface area (Å²) in [5.74, 6) is 0.739. The number of amides is 1. The van der Waals surface area contributed by atoms with Gasteiger partial charge in [-0.3, -0.25) is 4.79 Å². The van der Waals surface area contributed by atoms with Gasteiger partial charge in [-0.05, 0) is 59.9 Å². The van der Waals surface area contributed by atoms with Crippen molar-refractivity contribution >= 4 is 11.7 Å². The molecule has 3 N–H and O–H groups in total. The van der Waals surface area contributed by atoms with E-state index in [1.54, 1.807) is 11.8 Å². The van der Waals surface area contributed by atoms with Crippen LogP contribution in [0.4, 0.5) is 5.82 Å². The molecular formula is C27H38N4O2. The Labute approximate surface area is 197 Å². The number of hydrogen-bond donors (Lipinski definition) is 2. The second-order valence-corrected chi connectivity index (χ2v) is 11.0. The fraction of sp³-hybridized carbons (Fsp3) is 0.556. The number of aliphatic hydroxyl groups is 1. The van der Waals surface area contributed by atoms with E-state index in [1.165, 1.54) is 24.0 Å². The Morgan fingerprint density at radius 2 is 1.64 bits per heavy atom. The maximum atomic E-state index is 12.4. The molecule has 2 heterocycles. The van der Waals surface area contributed by atoms with Gasteiger partial charge in [-0.25, -0.2) is 4.98 Å². The maximum Gasteiger partial charge on any atom is 0.242 e. The Balaban J connectivity index is 1.54. The summed E-state index contributed by atoms with van der Waals surface area (Å²) in [5.41, 5.74) is 11.2. The number of aliphatic hydroxyl groups excluding tert-OH is 1. The number of anilines is 1. The highest BCUT2D eigenvalue weighted by Crippen LogP contribution is 2.46. The lowest BCUT2D eigenvalue weighted by Crippen LogP contribution is -2.55. The molecule has 0 bridgehead atoms. The van der Waals surface area contributed by atoms with Crippen molar-refractivity contribution in [1.29, 1.82) is 0 Å². The third kappa shape index (κ3) is 4.64. The number of aromatic nitrogens is 1. The van der Waals surface area contributed by atoms with Crippen molar-refractivity contribution in [1.82, 2.24) is 9.88 Å². The zero-order valence-corrected chi connectivity index (χ0v) is 20.6. The van der Waals surface area contributed by atoms with Gasteiger partial charge in [0.25, 0.3) is 0 Å². The molecule has 0 saturated carbocycles. The first-order valence-electron chi connectivity index (χ1n) is 12.1. The SMILES string of the molecule is CC(O)C(N)C(=O)N1CCN(c2cccc(-c3ccc4c(c3)C(C)(C)CCC4(C)C)n2)CC1. The predicted octanol–water partition coefficient (Wildman–Crippen LogP) is 3.45. The molecule has 1 aliphatic carbocycles. The van der Waals surface area contributed by atoms with Gasteiger partial charge in [0, 0.05) is 31.7 Å². The summed E-state index contributed by atoms with van der Waals surface area (Å²) >= 11 is 0. The molecular weight excluding hydrogens is 412 g/mol. The van der Waals surface area contributed by atoms with Crippen molar-refractivity contribution in [2.45, 2.75) is 70.4 Å². The molecule has 0 spiro atoms. The first kappa shape index (κ1) is 23.7. The molecule has 2 atom stereocenters. The smallest absolute Gasteiger partial charge is 0.242 e. The van der Waals surface area contributed by atoms with Crippen molar-refractivity contribution in [2.75, 3.05) is 31.1 Å². The van der Waals surface area contributed by atoms with E-state index < -0.39 is 12.1 Å². The Bertz CT molecular complexity index is 1020. The van der Waals surface area contributed by atoms with Gasteiger partial charge in [-0.1, -0.05) is 45.9 Å². The average Bonchev–Trinajstić information content (AvgIpc) is 2.81. The molecule has 1 aliphatic heterocycles. The van der Waals surface area contributed by atoms with Gasteiger partial charge in [0.1, 0.15) is 11.9 Å². The summed E-state index contributed by atoms with van der Waals surface area (Å²) in [7, 11) is 0. The highest BCUT2D eigenvalue weighted by atomic mass is 16.3. The van der Waals surface area contributed by atoms with Gasteiger partial charge >= 0.3 is 0 Å². The zero-order valence-electron chi connectivity index (χ0n) is 20.6. The fourth-order valence-electron chi connectivity index (χ4n) is 5.08. The van der Waals surface area contributed by atoms with Crippen molar-refractivity contribution in [3.05, 3.63) is 47.5 Å². The van der Waals surface area contributed by atoms with E-state index in [-0.39, 0.29) is 16.7 Å². The lowest BCUT2D eigenvalue weighted by Gasteiger charge is -2.42. The minimum absolute atomic E-state index is 0.161. The van der Waals surface area contributed by atoms with Crippen LogP contribution in [0.3, 0.4) is 0 Å². The van der Waals surface area contributed by atoms with E-state index in [2.05, 4.69) is 62.9 Å². The van der Waals surface area contributed by atoms with Gasteiger partial charge in [-0.15, -0.1) is 0 Å². The van der Waals surface area contributed by atoms with Crippen LogP contribution in [0.2, 0.25) is 0 Å². The molecule has 1 saturated heterocycles. The van der Waals surface area contributed by atoms with E-state index in [1.807, 2.05) is 6.07 Å². The van der Waals surface area contributed by atoms with Gasteiger partial charge in [-0.2, -0.15) is 0 Å². The summed E-state index contributed by atoms with van der Waals surface area (Å²) in [6.45, 7) is 13.5. The van der Waals surface area contributed by atoms with E-state index >= 15 is 0 Å². The summed E-state index contributed by atoms with van der Waals surface area (Å²) in [6, 6.07) is 12.2. The Morgan fingerprint density at radius 1 is 1.00 bits per heavy atom. The molecule has 1 fully saturated rings. The third-order valence-corrected chi connectivity index (χ3v) is 7.60. The lowest BCUT2D eigenvalue weighted by atomic mass is 9.63. The van der Waals surface area contributed by atoms with Crippen LogP contribution < -0.4 is 10.6 Å². The van der Waals surface area contributed by atoms with Crippen LogP contribution in [0.25, 0.3) is 11.3 Å². The van der Waals surface area contributed by atoms with Crippen LogP contribution in [-0.2, 0) is 15.6 Å². The molecule has 6 heteroatoms. The molecule has 6 nitrogen and oxygen atoms in total. The van der Waals surface area contributed by atoms with Crippen LogP contribution in [0, 0.1) is 0 Å². The number of nitrogens with two attached hydrogens (primary N) is 1. The first-order valence-corrected chi connectivity index (χ1v) is 12.1. The van der Waals surface area contributed by atoms with Crippen LogP contribution in [-0.4, -0.2) is 59.2 Å². The summed E-state index contributed by atoms with van der Waals surface area (Å²) in [5, 5.41) is 9.63. The molecule has 4 rings (SSSR count). The molecule has 0 radical (unpaired) electrons. The molecule has 178 valence electrons. The molecule has 2 aromatic rings. The Hall–Kier alpha value is -2.44. The predicted molar refractivity (Wildman–Crippen MR) is 133 cm³/mol. The standard InChI is InChI=1S/C27H38N4O2/c1-18(32)24(28)25(33)31-15-13-30(14-16-31)23-8-6-7-22(29-23)19-9-10-20-21(17-19)27(4,5)12-11-26(20,2)3/h6-10,17-18,24,32H,11-16,28H2,1-5H3. The number of hydrogen-bond acceptors (Lipinski definition) is 5. The minimum Gasteiger partial charge on any atom is -0.391 e. The third-order valence-electron chi connectivity index (χ3n) is 7.60. The number of fused-ring (bicyclic) bond motifs is 1. The molecule has 1 aromatic heterocycles. The van der Waals surface area contributed by atoms with E-state index in [9.17, 15) is 9.90 Å². The topological polar surface area (TPSA) is 82.7 Å². The molecule has 1 amide bonds. The molecule has 1 aromatic carbocycles. The zero-order chi connectivity index (χ0) is 24.0. The van der Waals surface area contributed by atoms with Gasteiger partial charge < -0.3 is 20.6 Å². The van der Waals surface area contributed by atoms with Crippen LogP contribution in [0.1, 0.15) is 58.6 Å². The van der Waals surface area contributed by atoms with Crippen LogP contribution in [0.15, 0.2) is 36.4 Å². The number of benzene rings is 1. The largest absolute Gasteiger partial charge is 0.391 e. The number of carbonyl (C=O) groups excluding carboxylic acids is 1. The summed E-state index contributed by atoms with van der Waals surface area (Å²) in [6.07, 6.45) is 1.54. The van der Waals surface area contributed by atoms with Crippen LogP contribution in [0.5, 0.6) is 0 Å². The average molecular weight is 451 g/mol. The number of pyridine rings is 1. The normalized spacial score (nSPS) is 21.3. The number of piperazine rings is 1. The highest BCUT2D eigenvalue weighted by molar-refractivity contribution is 5.82. The number of nitrogens with zero attached hydrogens (tertiary/aromatic N) is 3. The fourth-order valence-corrected chi connectivity index (χ4v) is 5.08. The second kappa shape index (κ2) is 8.73. The van der Waals surface area contributed by atoms with Crippen molar-refractivity contribution in [2.24, 2.45) is 5.73 Å². The van der Waals surface area contributed by atoms with Crippen molar-refractivity contribution in [3.63, 3.8) is 0 Å². The van der Waals surface area contributed by atoms with Crippen LogP contribution >= 0.6 is 0 Å². The van der Waals surface area contributed by atoms with Gasteiger partial charge in [0.15, 0.2) is 0 Å². The molecule has 2 aliphatic rings. The minimum atomic E-state index is -0.865. The Kier molecular flexibility index (Phi) is 6.27. The van der Waals surface area contributed by atoms with E-state index in [0.29, 0.717) is 26.2 Å². The van der Waals surface area contributed by atoms with E-state index in [0.717, 1.165) is 17.1 Å².